The number of benzene rings is 1. The van der Waals surface area contributed by atoms with E-state index in [0.29, 0.717) is 0 Å². The summed E-state index contributed by atoms with van der Waals surface area (Å²) in [4.78, 5) is 38.7. The van der Waals surface area contributed by atoms with Crippen LogP contribution in [0, 0.1) is 5.82 Å². The van der Waals surface area contributed by atoms with Gasteiger partial charge in [0.25, 0.3) is 0 Å². The first kappa shape index (κ1) is 18.7. The summed E-state index contributed by atoms with van der Waals surface area (Å²) < 4.78 is 18.4. The third-order valence-electron chi connectivity index (χ3n) is 3.71. The Labute approximate surface area is 145 Å². The number of carbonyl (C=O) groups is 3. The third-order valence-corrected chi connectivity index (χ3v) is 3.71. The average molecular weight is 352 g/mol. The molecule has 0 aromatic heterocycles. The van der Waals surface area contributed by atoms with Crippen LogP contribution in [0.2, 0.25) is 0 Å². The number of amides is 2. The lowest BCUT2D eigenvalue weighted by Gasteiger charge is -2.39. The van der Waals surface area contributed by atoms with Crippen LogP contribution in [-0.4, -0.2) is 64.2 Å². The van der Waals surface area contributed by atoms with Gasteiger partial charge in [0.15, 0.2) is 5.78 Å². The van der Waals surface area contributed by atoms with Gasteiger partial charge in [-0.3, -0.25) is 9.69 Å². The first-order chi connectivity index (χ1) is 11.6. The predicted octanol–water partition coefficient (Wildman–Crippen LogP) is 2.61. The molecule has 2 amide bonds. The standard InChI is InChI=1S/C17H21FN2O5/c1-17(2,3)25-16(24)20-9-8-19(15(22)23)10-13(20)14(21)11-4-6-12(18)7-5-11/h4-7,13H,8-10H2,1-3H3,(H,22,23). The lowest BCUT2D eigenvalue weighted by molar-refractivity contribution is 0.00162. The number of piperazine rings is 1. The number of ether oxygens (including phenoxy) is 1. The van der Waals surface area contributed by atoms with Crippen molar-refractivity contribution in [2.24, 2.45) is 0 Å². The van der Waals surface area contributed by atoms with Crippen molar-refractivity contribution in [1.29, 1.82) is 0 Å². The Bertz CT molecular complexity index is 669. The Kier molecular flexibility index (Phi) is 5.30. The van der Waals surface area contributed by atoms with Crippen LogP contribution in [-0.2, 0) is 4.74 Å². The minimum Gasteiger partial charge on any atom is -0.465 e. The van der Waals surface area contributed by atoms with Crippen molar-refractivity contribution in [2.75, 3.05) is 19.6 Å². The van der Waals surface area contributed by atoms with E-state index in [1.807, 2.05) is 0 Å². The van der Waals surface area contributed by atoms with Crippen LogP contribution < -0.4 is 0 Å². The van der Waals surface area contributed by atoms with Crippen LogP contribution in [0.4, 0.5) is 14.0 Å². The molecule has 136 valence electrons. The van der Waals surface area contributed by atoms with Crippen LogP contribution in [0.15, 0.2) is 24.3 Å². The normalized spacial score (nSPS) is 18.0. The summed E-state index contributed by atoms with van der Waals surface area (Å²) >= 11 is 0. The predicted molar refractivity (Wildman–Crippen MR) is 87.1 cm³/mol. The van der Waals surface area contributed by atoms with Gasteiger partial charge in [-0.25, -0.2) is 14.0 Å². The summed E-state index contributed by atoms with van der Waals surface area (Å²) in [5.74, 6) is -0.951. The molecular weight excluding hydrogens is 331 g/mol. The molecule has 1 aliphatic heterocycles. The van der Waals surface area contributed by atoms with E-state index < -0.39 is 35.4 Å². The molecule has 7 nitrogen and oxygen atoms in total. The molecule has 1 heterocycles. The number of ketones is 1. The minimum absolute atomic E-state index is 0.0405. The van der Waals surface area contributed by atoms with Gasteiger partial charge in [-0.2, -0.15) is 0 Å². The van der Waals surface area contributed by atoms with Gasteiger partial charge in [-0.15, -0.1) is 0 Å². The van der Waals surface area contributed by atoms with Crippen LogP contribution in [0.5, 0.6) is 0 Å². The number of Topliss-reactive ketones (excluding diaryl/α,β-unsaturated/α-hetero) is 1. The van der Waals surface area contributed by atoms with Gasteiger partial charge in [0.05, 0.1) is 6.54 Å². The second-order valence-electron chi connectivity index (χ2n) is 6.79. The molecule has 1 aromatic rings. The average Bonchev–Trinajstić information content (AvgIpc) is 2.52. The summed E-state index contributed by atoms with van der Waals surface area (Å²) in [5.41, 5.74) is -0.544. The van der Waals surface area contributed by atoms with Crippen LogP contribution in [0.25, 0.3) is 0 Å². The second-order valence-corrected chi connectivity index (χ2v) is 6.79. The number of hydrogen-bond donors (Lipinski definition) is 1. The molecule has 2 rings (SSSR count). The summed E-state index contributed by atoms with van der Waals surface area (Å²) in [5, 5.41) is 9.19. The van der Waals surface area contributed by atoms with Gasteiger partial charge in [0.1, 0.15) is 17.5 Å². The summed E-state index contributed by atoms with van der Waals surface area (Å²) in [6.07, 6.45) is -1.85. The lowest BCUT2D eigenvalue weighted by atomic mass is 10.0. The lowest BCUT2D eigenvalue weighted by Crippen LogP contribution is -2.59. The summed E-state index contributed by atoms with van der Waals surface area (Å²) in [6, 6.07) is 3.88. The molecule has 1 saturated heterocycles. The molecule has 1 unspecified atom stereocenters. The number of hydrogen-bond acceptors (Lipinski definition) is 4. The highest BCUT2D eigenvalue weighted by atomic mass is 19.1. The second kappa shape index (κ2) is 7.08. The molecule has 1 fully saturated rings. The van der Waals surface area contributed by atoms with Gasteiger partial charge in [-0.05, 0) is 45.0 Å². The molecule has 0 spiro atoms. The molecule has 0 bridgehead atoms. The van der Waals surface area contributed by atoms with Crippen molar-refractivity contribution >= 4 is 18.0 Å². The van der Waals surface area contributed by atoms with Gasteiger partial charge >= 0.3 is 12.2 Å². The van der Waals surface area contributed by atoms with Gasteiger partial charge < -0.3 is 14.7 Å². The fraction of sp³-hybridized carbons (Fsp3) is 0.471. The van der Waals surface area contributed by atoms with Crippen LogP contribution in [0.3, 0.4) is 0 Å². The number of carboxylic acid groups (broad SMARTS) is 1. The molecule has 1 aromatic carbocycles. The maximum Gasteiger partial charge on any atom is 0.411 e. The Morgan fingerprint density at radius 2 is 1.76 bits per heavy atom. The number of carbonyl (C=O) groups excluding carboxylic acids is 2. The smallest absolute Gasteiger partial charge is 0.411 e. The molecule has 0 aliphatic carbocycles. The Morgan fingerprint density at radius 1 is 1.16 bits per heavy atom. The number of rotatable bonds is 2. The van der Waals surface area contributed by atoms with E-state index >= 15 is 0 Å². The van der Waals surface area contributed by atoms with Crippen molar-refractivity contribution in [2.45, 2.75) is 32.4 Å². The van der Waals surface area contributed by atoms with Crippen molar-refractivity contribution in [3.8, 4) is 0 Å². The van der Waals surface area contributed by atoms with Crippen LogP contribution in [0.1, 0.15) is 31.1 Å². The molecule has 1 N–H and O–H groups in total. The van der Waals surface area contributed by atoms with Crippen molar-refractivity contribution < 1.29 is 28.6 Å². The van der Waals surface area contributed by atoms with E-state index in [-0.39, 0.29) is 25.2 Å². The maximum absolute atomic E-state index is 13.1. The number of halogens is 1. The SMILES string of the molecule is CC(C)(C)OC(=O)N1CCN(C(=O)O)CC1C(=O)c1ccc(F)cc1. The zero-order valence-electron chi connectivity index (χ0n) is 14.4. The van der Waals surface area contributed by atoms with E-state index in [4.69, 9.17) is 4.74 Å². The first-order valence-corrected chi connectivity index (χ1v) is 7.86. The summed E-state index contributed by atoms with van der Waals surface area (Å²) in [7, 11) is 0. The zero-order valence-corrected chi connectivity index (χ0v) is 14.4. The van der Waals surface area contributed by atoms with Gasteiger partial charge in [0.2, 0.25) is 0 Å². The Morgan fingerprint density at radius 3 is 2.28 bits per heavy atom. The molecule has 8 heteroatoms. The summed E-state index contributed by atoms with van der Waals surface area (Å²) in [6.45, 7) is 5.07. The Hall–Kier alpha value is -2.64. The highest BCUT2D eigenvalue weighted by Gasteiger charge is 2.39. The van der Waals surface area contributed by atoms with E-state index in [9.17, 15) is 23.9 Å². The highest BCUT2D eigenvalue weighted by Crippen LogP contribution is 2.19. The van der Waals surface area contributed by atoms with E-state index in [1.165, 1.54) is 17.0 Å². The third kappa shape index (κ3) is 4.68. The Balaban J connectivity index is 2.27. The van der Waals surface area contributed by atoms with Gasteiger partial charge in [-0.1, -0.05) is 0 Å². The topological polar surface area (TPSA) is 87.2 Å². The molecule has 0 saturated carbocycles. The number of nitrogens with zero attached hydrogens (tertiary/aromatic N) is 2. The molecular formula is C17H21FN2O5. The highest BCUT2D eigenvalue weighted by molar-refractivity contribution is 6.02. The van der Waals surface area contributed by atoms with Crippen molar-refractivity contribution in [3.63, 3.8) is 0 Å². The molecule has 25 heavy (non-hydrogen) atoms. The van der Waals surface area contributed by atoms with Crippen LogP contribution >= 0.6 is 0 Å². The fourth-order valence-electron chi connectivity index (χ4n) is 2.53. The molecule has 1 aliphatic rings. The van der Waals surface area contributed by atoms with Gasteiger partial charge in [0, 0.05) is 18.7 Å². The largest absolute Gasteiger partial charge is 0.465 e. The maximum atomic E-state index is 13.1. The first-order valence-electron chi connectivity index (χ1n) is 7.86. The monoisotopic (exact) mass is 352 g/mol. The van der Waals surface area contributed by atoms with E-state index in [2.05, 4.69) is 0 Å². The molecule has 0 radical (unpaired) electrons. The quantitative estimate of drug-likeness (QED) is 0.827. The fourth-order valence-corrected chi connectivity index (χ4v) is 2.53. The zero-order chi connectivity index (χ0) is 18.8. The molecule has 1 atom stereocenters. The minimum atomic E-state index is -1.17. The van der Waals surface area contributed by atoms with Crippen molar-refractivity contribution in [1.82, 2.24) is 9.80 Å². The van der Waals surface area contributed by atoms with Crippen molar-refractivity contribution in [3.05, 3.63) is 35.6 Å². The van der Waals surface area contributed by atoms with E-state index in [0.717, 1.165) is 17.0 Å². The van der Waals surface area contributed by atoms with E-state index in [1.54, 1.807) is 20.8 Å².